The van der Waals surface area contributed by atoms with E-state index in [2.05, 4.69) is 38.8 Å². The Bertz CT molecular complexity index is 628. The molecule has 2 rings (SSSR count). The van der Waals surface area contributed by atoms with Gasteiger partial charge in [0.25, 0.3) is 0 Å². The Labute approximate surface area is 141 Å². The summed E-state index contributed by atoms with van der Waals surface area (Å²) in [6, 6.07) is 11.3. The van der Waals surface area contributed by atoms with Crippen molar-refractivity contribution in [1.82, 2.24) is 0 Å². The van der Waals surface area contributed by atoms with Crippen molar-refractivity contribution in [1.29, 1.82) is 0 Å². The highest BCUT2D eigenvalue weighted by Crippen LogP contribution is 2.36. The van der Waals surface area contributed by atoms with Gasteiger partial charge in [0.2, 0.25) is 0 Å². The van der Waals surface area contributed by atoms with Crippen LogP contribution in [0.3, 0.4) is 0 Å². The topological polar surface area (TPSA) is 9.23 Å². The van der Waals surface area contributed by atoms with Crippen LogP contribution in [-0.2, 0) is 0 Å². The van der Waals surface area contributed by atoms with Gasteiger partial charge in [0.05, 0.1) is 15.9 Å². The van der Waals surface area contributed by atoms with E-state index < -0.39 is 0 Å². The predicted octanol–water partition coefficient (Wildman–Crippen LogP) is 6.17. The molecule has 1 unspecified atom stereocenters. The molecule has 0 heterocycles. The molecular weight excluding hydrogens is 399 g/mol. The molecule has 0 radical (unpaired) electrons. The maximum absolute atomic E-state index is 14.2. The fraction of sp³-hybridized carbons (Fsp3) is 0.294. The summed E-state index contributed by atoms with van der Waals surface area (Å²) in [5, 5.41) is 0. The van der Waals surface area contributed by atoms with E-state index in [-0.39, 0.29) is 10.6 Å². The summed E-state index contributed by atoms with van der Waals surface area (Å²) in [7, 11) is 0. The second-order valence-electron chi connectivity index (χ2n) is 4.88. The molecule has 21 heavy (non-hydrogen) atoms. The van der Waals surface area contributed by atoms with Gasteiger partial charge in [-0.25, -0.2) is 4.39 Å². The third-order valence-corrected chi connectivity index (χ3v) is 4.85. The molecule has 0 aliphatic carbocycles. The Morgan fingerprint density at radius 3 is 2.67 bits per heavy atom. The quantitative estimate of drug-likeness (QED) is 0.530. The van der Waals surface area contributed by atoms with Crippen molar-refractivity contribution in [2.24, 2.45) is 0 Å². The van der Waals surface area contributed by atoms with E-state index in [1.807, 2.05) is 24.3 Å². The van der Waals surface area contributed by atoms with Crippen molar-refractivity contribution in [2.75, 3.05) is 6.61 Å². The normalized spacial score (nSPS) is 12.2. The van der Waals surface area contributed by atoms with Gasteiger partial charge in [0, 0.05) is 5.56 Å². The van der Waals surface area contributed by atoms with Crippen LogP contribution in [0.15, 0.2) is 40.9 Å². The number of benzene rings is 2. The number of hydrogen-bond acceptors (Lipinski definition) is 1. The van der Waals surface area contributed by atoms with Crippen molar-refractivity contribution in [3.8, 4) is 5.75 Å². The minimum atomic E-state index is -0.186. The van der Waals surface area contributed by atoms with Crippen LogP contribution >= 0.6 is 31.9 Å². The first kappa shape index (κ1) is 16.5. The highest BCUT2D eigenvalue weighted by atomic mass is 79.9. The molecule has 0 bridgehead atoms. The molecule has 0 amide bonds. The zero-order chi connectivity index (χ0) is 15.4. The van der Waals surface area contributed by atoms with Crippen molar-refractivity contribution < 1.29 is 9.13 Å². The van der Waals surface area contributed by atoms with Crippen LogP contribution < -0.4 is 4.74 Å². The first-order valence-corrected chi connectivity index (χ1v) is 8.56. The second-order valence-corrected chi connectivity index (χ2v) is 6.65. The van der Waals surface area contributed by atoms with E-state index in [9.17, 15) is 4.39 Å². The van der Waals surface area contributed by atoms with E-state index in [0.29, 0.717) is 17.7 Å². The van der Waals surface area contributed by atoms with E-state index in [4.69, 9.17) is 4.74 Å². The standard InChI is InChI=1S/C17H17Br2FO/c1-3-9-21-15-8-7-12(10-14(15)18)16(19)13-6-4-5-11(2)17(13)20/h4-8,10,16H,3,9H2,1-2H3. The van der Waals surface area contributed by atoms with Crippen LogP contribution in [0, 0.1) is 12.7 Å². The van der Waals surface area contributed by atoms with Gasteiger partial charge in [-0.05, 0) is 52.5 Å². The van der Waals surface area contributed by atoms with Crippen LogP contribution in [0.1, 0.15) is 34.9 Å². The Kier molecular flexibility index (Phi) is 5.82. The van der Waals surface area contributed by atoms with Gasteiger partial charge < -0.3 is 4.74 Å². The summed E-state index contributed by atoms with van der Waals surface area (Å²) in [5.41, 5.74) is 2.28. The number of alkyl halides is 1. The zero-order valence-electron chi connectivity index (χ0n) is 12.0. The Balaban J connectivity index is 2.29. The van der Waals surface area contributed by atoms with Gasteiger partial charge in [-0.1, -0.05) is 47.1 Å². The molecule has 0 aliphatic heterocycles. The van der Waals surface area contributed by atoms with Gasteiger partial charge in [-0.15, -0.1) is 0 Å². The minimum Gasteiger partial charge on any atom is -0.492 e. The number of aryl methyl sites for hydroxylation is 1. The highest BCUT2D eigenvalue weighted by molar-refractivity contribution is 9.10. The third-order valence-electron chi connectivity index (χ3n) is 3.21. The van der Waals surface area contributed by atoms with Gasteiger partial charge in [0.15, 0.2) is 0 Å². The van der Waals surface area contributed by atoms with Gasteiger partial charge in [-0.2, -0.15) is 0 Å². The molecule has 1 nitrogen and oxygen atoms in total. The average Bonchev–Trinajstić information content (AvgIpc) is 2.48. The smallest absolute Gasteiger partial charge is 0.133 e. The molecule has 0 fully saturated rings. The summed E-state index contributed by atoms with van der Waals surface area (Å²) in [4.78, 5) is -0.186. The van der Waals surface area contributed by atoms with Crippen molar-refractivity contribution in [3.05, 3.63) is 63.4 Å². The van der Waals surface area contributed by atoms with E-state index >= 15 is 0 Å². The van der Waals surface area contributed by atoms with Gasteiger partial charge in [0.1, 0.15) is 11.6 Å². The van der Waals surface area contributed by atoms with Gasteiger partial charge in [-0.3, -0.25) is 0 Å². The lowest BCUT2D eigenvalue weighted by molar-refractivity contribution is 0.315. The first-order valence-electron chi connectivity index (χ1n) is 6.86. The number of hydrogen-bond donors (Lipinski definition) is 0. The Morgan fingerprint density at radius 1 is 1.24 bits per heavy atom. The van der Waals surface area contributed by atoms with Crippen molar-refractivity contribution >= 4 is 31.9 Å². The highest BCUT2D eigenvalue weighted by Gasteiger charge is 2.17. The molecule has 4 heteroatoms. The van der Waals surface area contributed by atoms with E-state index in [0.717, 1.165) is 22.2 Å². The SMILES string of the molecule is CCCOc1ccc(C(Br)c2cccc(C)c2F)cc1Br. The van der Waals surface area contributed by atoms with Gasteiger partial charge >= 0.3 is 0 Å². The summed E-state index contributed by atoms with van der Waals surface area (Å²) in [5.74, 6) is 0.645. The summed E-state index contributed by atoms with van der Waals surface area (Å²) >= 11 is 7.10. The third kappa shape index (κ3) is 3.86. The summed E-state index contributed by atoms with van der Waals surface area (Å²) in [6.45, 7) is 4.52. The molecule has 112 valence electrons. The molecule has 0 saturated heterocycles. The summed E-state index contributed by atoms with van der Waals surface area (Å²) in [6.07, 6.45) is 0.962. The molecular formula is C17H17Br2FO. The largest absolute Gasteiger partial charge is 0.492 e. The van der Waals surface area contributed by atoms with Crippen LogP contribution in [0.2, 0.25) is 0 Å². The van der Waals surface area contributed by atoms with Crippen LogP contribution in [0.25, 0.3) is 0 Å². The molecule has 2 aromatic carbocycles. The molecule has 0 N–H and O–H groups in total. The predicted molar refractivity (Wildman–Crippen MR) is 91.8 cm³/mol. The number of rotatable bonds is 5. The Hall–Kier alpha value is -0.870. The lowest BCUT2D eigenvalue weighted by Gasteiger charge is -2.15. The van der Waals surface area contributed by atoms with E-state index in [1.54, 1.807) is 19.1 Å². The Morgan fingerprint density at radius 2 is 2.00 bits per heavy atom. The minimum absolute atomic E-state index is 0.165. The fourth-order valence-corrected chi connectivity index (χ4v) is 3.20. The van der Waals surface area contributed by atoms with Crippen molar-refractivity contribution in [2.45, 2.75) is 25.1 Å². The maximum atomic E-state index is 14.2. The first-order chi connectivity index (χ1) is 10.0. The molecule has 0 saturated carbocycles. The van der Waals surface area contributed by atoms with E-state index in [1.165, 1.54) is 0 Å². The van der Waals surface area contributed by atoms with Crippen molar-refractivity contribution in [3.63, 3.8) is 0 Å². The molecule has 1 atom stereocenters. The maximum Gasteiger partial charge on any atom is 0.133 e. The van der Waals surface area contributed by atoms with Crippen LogP contribution in [0.5, 0.6) is 5.75 Å². The second kappa shape index (κ2) is 7.41. The lowest BCUT2D eigenvalue weighted by atomic mass is 10.0. The zero-order valence-corrected chi connectivity index (χ0v) is 15.2. The lowest BCUT2D eigenvalue weighted by Crippen LogP contribution is -2.00. The fourth-order valence-electron chi connectivity index (χ4n) is 2.05. The molecule has 0 aromatic heterocycles. The molecule has 0 aliphatic rings. The average molecular weight is 416 g/mol. The number of halogens is 3. The van der Waals surface area contributed by atoms with Crippen LogP contribution in [0.4, 0.5) is 4.39 Å². The number of ether oxygens (including phenoxy) is 1. The van der Waals surface area contributed by atoms with Crippen LogP contribution in [-0.4, -0.2) is 6.61 Å². The monoisotopic (exact) mass is 414 g/mol. The molecule has 2 aromatic rings. The summed E-state index contributed by atoms with van der Waals surface area (Å²) < 4.78 is 20.7. The molecule has 0 spiro atoms.